The lowest BCUT2D eigenvalue weighted by molar-refractivity contribution is -0.123. The highest BCUT2D eigenvalue weighted by Crippen LogP contribution is 2.35. The summed E-state index contributed by atoms with van der Waals surface area (Å²) in [5, 5.41) is 1.34. The first-order chi connectivity index (χ1) is 17.5. The molecule has 0 radical (unpaired) electrons. The quantitative estimate of drug-likeness (QED) is 0.245. The standard InChI is InChI=1S/C28H23ClN2O4S/c1-34-22-10-12-23(13-11-22)35-15-14-30-18-20(24-4-2-3-5-25(24)30)16-26-27(32)31(28(33)36-26)17-19-6-8-21(29)9-7-19/h2-13,16,18H,14-15,17H2,1H3/b26-16-. The number of benzene rings is 3. The number of carbonyl (C=O) groups excluding carboxylic acids is 2. The Kier molecular flexibility index (Phi) is 7.02. The van der Waals surface area contributed by atoms with E-state index < -0.39 is 0 Å². The third-order valence-corrected chi connectivity index (χ3v) is 7.05. The van der Waals surface area contributed by atoms with Gasteiger partial charge < -0.3 is 14.0 Å². The average molecular weight is 519 g/mol. The van der Waals surface area contributed by atoms with E-state index in [-0.39, 0.29) is 17.7 Å². The summed E-state index contributed by atoms with van der Waals surface area (Å²) in [5.41, 5.74) is 2.76. The molecule has 0 atom stereocenters. The number of methoxy groups -OCH3 is 1. The molecule has 6 nitrogen and oxygen atoms in total. The number of ether oxygens (including phenoxy) is 2. The van der Waals surface area contributed by atoms with Crippen molar-refractivity contribution < 1.29 is 19.1 Å². The molecule has 0 unspecified atom stereocenters. The predicted molar refractivity (Wildman–Crippen MR) is 143 cm³/mol. The van der Waals surface area contributed by atoms with Crippen LogP contribution in [0, 0.1) is 0 Å². The van der Waals surface area contributed by atoms with Crippen molar-refractivity contribution >= 4 is 51.5 Å². The van der Waals surface area contributed by atoms with Crippen LogP contribution in [-0.2, 0) is 17.9 Å². The molecule has 2 heterocycles. The van der Waals surface area contributed by atoms with Gasteiger partial charge in [-0.2, -0.15) is 0 Å². The molecular formula is C28H23ClN2O4S. The van der Waals surface area contributed by atoms with Gasteiger partial charge in [0.05, 0.1) is 25.1 Å². The Morgan fingerprint density at radius 1 is 0.944 bits per heavy atom. The zero-order valence-corrected chi connectivity index (χ0v) is 21.1. The van der Waals surface area contributed by atoms with Crippen molar-refractivity contribution in [3.63, 3.8) is 0 Å². The summed E-state index contributed by atoms with van der Waals surface area (Å²) >= 11 is 6.91. The van der Waals surface area contributed by atoms with Crippen LogP contribution in [0.3, 0.4) is 0 Å². The Hall–Kier alpha value is -3.68. The van der Waals surface area contributed by atoms with Gasteiger partial charge in [-0.25, -0.2) is 0 Å². The smallest absolute Gasteiger partial charge is 0.293 e. The van der Waals surface area contributed by atoms with E-state index in [4.69, 9.17) is 21.1 Å². The summed E-state index contributed by atoms with van der Waals surface area (Å²) in [6.45, 7) is 1.31. The largest absolute Gasteiger partial charge is 0.497 e. The third kappa shape index (κ3) is 5.12. The molecule has 5 rings (SSSR count). The number of aromatic nitrogens is 1. The minimum absolute atomic E-state index is 0.212. The predicted octanol–water partition coefficient (Wildman–Crippen LogP) is 6.62. The molecule has 36 heavy (non-hydrogen) atoms. The molecule has 0 spiro atoms. The number of para-hydroxylation sites is 1. The van der Waals surface area contributed by atoms with Crippen LogP contribution in [0.2, 0.25) is 5.02 Å². The third-order valence-electron chi connectivity index (χ3n) is 5.89. The molecule has 1 aliphatic heterocycles. The van der Waals surface area contributed by atoms with E-state index in [9.17, 15) is 9.59 Å². The van der Waals surface area contributed by atoms with Gasteiger partial charge >= 0.3 is 0 Å². The van der Waals surface area contributed by atoms with Gasteiger partial charge in [0, 0.05) is 27.7 Å². The van der Waals surface area contributed by atoms with Crippen molar-refractivity contribution in [2.45, 2.75) is 13.1 Å². The fourth-order valence-electron chi connectivity index (χ4n) is 4.06. The summed E-state index contributed by atoms with van der Waals surface area (Å²) in [6.07, 6.45) is 3.80. The first-order valence-corrected chi connectivity index (χ1v) is 12.6. The van der Waals surface area contributed by atoms with E-state index in [1.54, 1.807) is 25.3 Å². The van der Waals surface area contributed by atoms with E-state index in [0.717, 1.165) is 45.3 Å². The summed E-state index contributed by atoms with van der Waals surface area (Å²) in [5.74, 6) is 1.25. The maximum atomic E-state index is 13.1. The second-order valence-electron chi connectivity index (χ2n) is 8.21. The minimum atomic E-state index is -0.292. The fourth-order valence-corrected chi connectivity index (χ4v) is 5.01. The lowest BCUT2D eigenvalue weighted by atomic mass is 10.1. The number of thioether (sulfide) groups is 1. The number of fused-ring (bicyclic) bond motifs is 1. The van der Waals surface area contributed by atoms with E-state index in [0.29, 0.717) is 23.1 Å². The Balaban J connectivity index is 1.33. The molecule has 1 aromatic heterocycles. The SMILES string of the molecule is COc1ccc(OCCn2cc(/C=C3\SC(=O)N(Cc4ccc(Cl)cc4)C3=O)c3ccccc32)cc1. The van der Waals surface area contributed by atoms with Crippen LogP contribution < -0.4 is 9.47 Å². The number of carbonyl (C=O) groups is 2. The first-order valence-electron chi connectivity index (χ1n) is 11.4. The second kappa shape index (κ2) is 10.5. The number of amides is 2. The van der Waals surface area contributed by atoms with E-state index >= 15 is 0 Å². The number of nitrogens with zero attached hydrogens (tertiary/aromatic N) is 2. The molecule has 0 saturated carbocycles. The first kappa shape index (κ1) is 24.0. The molecule has 0 N–H and O–H groups in total. The zero-order chi connectivity index (χ0) is 25.1. The van der Waals surface area contributed by atoms with Crippen LogP contribution in [0.1, 0.15) is 11.1 Å². The van der Waals surface area contributed by atoms with Crippen LogP contribution in [0.4, 0.5) is 4.79 Å². The molecule has 4 aromatic rings. The molecule has 3 aromatic carbocycles. The minimum Gasteiger partial charge on any atom is -0.497 e. The van der Waals surface area contributed by atoms with Gasteiger partial charge in [-0.15, -0.1) is 0 Å². The van der Waals surface area contributed by atoms with Crippen molar-refractivity contribution in [3.8, 4) is 11.5 Å². The van der Waals surface area contributed by atoms with Gasteiger partial charge in [0.15, 0.2) is 0 Å². The summed E-state index contributed by atoms with van der Waals surface area (Å²) in [7, 11) is 1.63. The van der Waals surface area contributed by atoms with Crippen molar-refractivity contribution in [3.05, 3.63) is 100 Å². The number of hydrogen-bond donors (Lipinski definition) is 0. The Morgan fingerprint density at radius 3 is 2.42 bits per heavy atom. The molecule has 0 bridgehead atoms. The van der Waals surface area contributed by atoms with Gasteiger partial charge in [0.2, 0.25) is 0 Å². The second-order valence-corrected chi connectivity index (χ2v) is 9.64. The summed E-state index contributed by atoms with van der Waals surface area (Å²) < 4.78 is 13.2. The van der Waals surface area contributed by atoms with Crippen LogP contribution in [0.5, 0.6) is 11.5 Å². The summed E-state index contributed by atoms with van der Waals surface area (Å²) in [4.78, 5) is 27.4. The monoisotopic (exact) mass is 518 g/mol. The van der Waals surface area contributed by atoms with Crippen LogP contribution in [0.15, 0.2) is 83.9 Å². The molecule has 0 aliphatic carbocycles. The van der Waals surface area contributed by atoms with Crippen LogP contribution >= 0.6 is 23.4 Å². The Labute approximate surface area is 218 Å². The van der Waals surface area contributed by atoms with Gasteiger partial charge in [0.25, 0.3) is 11.1 Å². The maximum Gasteiger partial charge on any atom is 0.293 e. The molecule has 1 fully saturated rings. The lowest BCUT2D eigenvalue weighted by Gasteiger charge is -2.12. The highest BCUT2D eigenvalue weighted by Gasteiger charge is 2.35. The highest BCUT2D eigenvalue weighted by atomic mass is 35.5. The normalized spacial score (nSPS) is 14.7. The fraction of sp³-hybridized carbons (Fsp3) is 0.143. The number of halogens is 1. The van der Waals surface area contributed by atoms with Gasteiger partial charge in [0.1, 0.15) is 18.1 Å². The molecule has 182 valence electrons. The van der Waals surface area contributed by atoms with Crippen molar-refractivity contribution in [1.29, 1.82) is 0 Å². The maximum absolute atomic E-state index is 13.1. The van der Waals surface area contributed by atoms with E-state index in [1.807, 2.05) is 66.9 Å². The Morgan fingerprint density at radius 2 is 1.67 bits per heavy atom. The van der Waals surface area contributed by atoms with Gasteiger partial charge in [-0.05, 0) is 65.9 Å². The average Bonchev–Trinajstić information content (AvgIpc) is 3.37. The molecule has 1 saturated heterocycles. The van der Waals surface area contributed by atoms with Gasteiger partial charge in [-0.1, -0.05) is 41.9 Å². The number of imide groups is 1. The van der Waals surface area contributed by atoms with Crippen LogP contribution in [0.25, 0.3) is 17.0 Å². The molecular weight excluding hydrogens is 496 g/mol. The highest BCUT2D eigenvalue weighted by molar-refractivity contribution is 8.18. The lowest BCUT2D eigenvalue weighted by Crippen LogP contribution is -2.27. The van der Waals surface area contributed by atoms with Gasteiger partial charge in [-0.3, -0.25) is 14.5 Å². The Bertz CT molecular complexity index is 1440. The molecule has 8 heteroatoms. The zero-order valence-electron chi connectivity index (χ0n) is 19.5. The molecule has 1 aliphatic rings. The van der Waals surface area contributed by atoms with E-state index in [1.165, 1.54) is 4.90 Å². The topological polar surface area (TPSA) is 60.8 Å². The summed E-state index contributed by atoms with van der Waals surface area (Å²) in [6, 6.07) is 22.6. The number of rotatable bonds is 8. The molecule has 2 amide bonds. The van der Waals surface area contributed by atoms with Crippen molar-refractivity contribution in [2.24, 2.45) is 0 Å². The number of hydrogen-bond acceptors (Lipinski definition) is 5. The van der Waals surface area contributed by atoms with Crippen molar-refractivity contribution in [2.75, 3.05) is 13.7 Å². The van der Waals surface area contributed by atoms with Crippen molar-refractivity contribution in [1.82, 2.24) is 9.47 Å². The van der Waals surface area contributed by atoms with Crippen LogP contribution in [-0.4, -0.2) is 34.3 Å². The van der Waals surface area contributed by atoms with E-state index in [2.05, 4.69) is 4.57 Å².